The van der Waals surface area contributed by atoms with Crippen molar-refractivity contribution in [1.29, 1.82) is 0 Å². The molecule has 0 saturated heterocycles. The van der Waals surface area contributed by atoms with Gasteiger partial charge in [-0.25, -0.2) is 0 Å². The molecule has 4 nitrogen and oxygen atoms in total. The Balaban J connectivity index is 1.99. The molecule has 3 N–H and O–H groups in total. The first-order valence-electron chi connectivity index (χ1n) is 7.04. The molecular weight excluding hydrogens is 262 g/mol. The molecule has 0 aromatic heterocycles. The number of benzene rings is 2. The highest BCUT2D eigenvalue weighted by molar-refractivity contribution is 6.02. The van der Waals surface area contributed by atoms with Gasteiger partial charge in [-0.3, -0.25) is 0 Å². The second-order valence-corrected chi connectivity index (χ2v) is 5.01. The van der Waals surface area contributed by atoms with Crippen molar-refractivity contribution in [2.75, 3.05) is 18.5 Å². The van der Waals surface area contributed by atoms with Gasteiger partial charge in [-0.2, -0.15) is 0 Å². The maximum Gasteiger partial charge on any atom is 0.172 e. The van der Waals surface area contributed by atoms with Gasteiger partial charge in [0.15, 0.2) is 5.84 Å². The van der Waals surface area contributed by atoms with Gasteiger partial charge in [0.25, 0.3) is 0 Å². The first-order valence-corrected chi connectivity index (χ1v) is 7.04. The number of nitrogens with zero attached hydrogens (tertiary/aromatic N) is 2. The largest absolute Gasteiger partial charge is 0.409 e. The summed E-state index contributed by atoms with van der Waals surface area (Å²) in [5, 5.41) is 12.0. The summed E-state index contributed by atoms with van der Waals surface area (Å²) in [6.45, 7) is 0.907. The number of nitrogens with two attached hydrogens (primary N) is 1. The average molecular weight is 283 g/mol. The number of anilines is 1. The third-order valence-electron chi connectivity index (χ3n) is 3.50. The summed E-state index contributed by atoms with van der Waals surface area (Å²) in [5.41, 5.74) is 8.79. The summed E-state index contributed by atoms with van der Waals surface area (Å²) in [4.78, 5) is 2.14. The molecule has 2 rings (SSSR count). The van der Waals surface area contributed by atoms with E-state index in [1.807, 2.05) is 37.4 Å². The molecule has 0 bridgehead atoms. The van der Waals surface area contributed by atoms with E-state index in [0.717, 1.165) is 30.6 Å². The lowest BCUT2D eigenvalue weighted by molar-refractivity contribution is 0.318. The Labute approximate surface area is 125 Å². The summed E-state index contributed by atoms with van der Waals surface area (Å²) in [5.74, 6) is 0.139. The van der Waals surface area contributed by atoms with E-state index in [4.69, 9.17) is 10.9 Å². The van der Waals surface area contributed by atoms with Gasteiger partial charge in [0.05, 0.1) is 0 Å². The highest BCUT2D eigenvalue weighted by Crippen LogP contribution is 2.19. The van der Waals surface area contributed by atoms with E-state index in [1.165, 1.54) is 5.56 Å². The molecule has 0 radical (unpaired) electrons. The number of aryl methyl sites for hydroxylation is 1. The summed E-state index contributed by atoms with van der Waals surface area (Å²) in [6, 6.07) is 18.1. The van der Waals surface area contributed by atoms with Gasteiger partial charge in [-0.05, 0) is 30.5 Å². The minimum absolute atomic E-state index is 0.139. The van der Waals surface area contributed by atoms with Crippen molar-refractivity contribution in [3.05, 3.63) is 65.7 Å². The van der Waals surface area contributed by atoms with Crippen molar-refractivity contribution >= 4 is 11.5 Å². The monoisotopic (exact) mass is 283 g/mol. The number of para-hydroxylation sites is 1. The van der Waals surface area contributed by atoms with Crippen LogP contribution in [0.4, 0.5) is 5.69 Å². The number of rotatable bonds is 6. The maximum atomic E-state index is 8.86. The Morgan fingerprint density at radius 2 is 1.76 bits per heavy atom. The van der Waals surface area contributed by atoms with Gasteiger partial charge in [0.1, 0.15) is 0 Å². The Bertz CT molecular complexity index is 596. The van der Waals surface area contributed by atoms with E-state index in [0.29, 0.717) is 0 Å². The fraction of sp³-hybridized carbons (Fsp3) is 0.235. The zero-order valence-corrected chi connectivity index (χ0v) is 12.2. The first kappa shape index (κ1) is 14.9. The highest BCUT2D eigenvalue weighted by atomic mass is 16.4. The van der Waals surface area contributed by atoms with Crippen LogP contribution in [0.1, 0.15) is 17.5 Å². The van der Waals surface area contributed by atoms with Crippen LogP contribution in [0.2, 0.25) is 0 Å². The minimum atomic E-state index is 0.139. The van der Waals surface area contributed by atoms with Crippen LogP contribution in [0.15, 0.2) is 59.8 Å². The summed E-state index contributed by atoms with van der Waals surface area (Å²) >= 11 is 0. The predicted octanol–water partition coefficient (Wildman–Crippen LogP) is 2.85. The van der Waals surface area contributed by atoms with E-state index in [1.54, 1.807) is 0 Å². The van der Waals surface area contributed by atoms with Crippen LogP contribution in [0.25, 0.3) is 0 Å². The number of hydrogen-bond acceptors (Lipinski definition) is 3. The molecule has 2 aromatic carbocycles. The number of amidine groups is 1. The van der Waals surface area contributed by atoms with Crippen LogP contribution in [-0.2, 0) is 6.42 Å². The SMILES string of the molecule is CN(CCCc1ccccc1)c1ccccc1/C(N)=N/O. The molecule has 0 amide bonds. The lowest BCUT2D eigenvalue weighted by atomic mass is 10.1. The van der Waals surface area contributed by atoms with Crippen LogP contribution in [0, 0.1) is 0 Å². The van der Waals surface area contributed by atoms with Gasteiger partial charge < -0.3 is 15.8 Å². The molecule has 110 valence electrons. The Hall–Kier alpha value is -2.49. The fourth-order valence-electron chi connectivity index (χ4n) is 2.36. The van der Waals surface area contributed by atoms with Crippen LogP contribution < -0.4 is 10.6 Å². The smallest absolute Gasteiger partial charge is 0.172 e. The van der Waals surface area contributed by atoms with E-state index in [9.17, 15) is 0 Å². The average Bonchev–Trinajstić information content (AvgIpc) is 2.55. The van der Waals surface area contributed by atoms with E-state index >= 15 is 0 Å². The van der Waals surface area contributed by atoms with Gasteiger partial charge >= 0.3 is 0 Å². The third kappa shape index (κ3) is 3.99. The second-order valence-electron chi connectivity index (χ2n) is 5.01. The van der Waals surface area contributed by atoms with Crippen molar-refractivity contribution < 1.29 is 5.21 Å². The van der Waals surface area contributed by atoms with Gasteiger partial charge in [-0.15, -0.1) is 0 Å². The summed E-state index contributed by atoms with van der Waals surface area (Å²) < 4.78 is 0. The predicted molar refractivity (Wildman–Crippen MR) is 87.0 cm³/mol. The van der Waals surface area contributed by atoms with E-state index in [-0.39, 0.29) is 5.84 Å². The van der Waals surface area contributed by atoms with Gasteiger partial charge in [0.2, 0.25) is 0 Å². The van der Waals surface area contributed by atoms with Crippen LogP contribution in [-0.4, -0.2) is 24.6 Å². The molecule has 0 aliphatic heterocycles. The van der Waals surface area contributed by atoms with Gasteiger partial charge in [0, 0.05) is 24.8 Å². The molecule has 0 aliphatic rings. The normalized spacial score (nSPS) is 11.4. The number of oxime groups is 1. The van der Waals surface area contributed by atoms with Crippen molar-refractivity contribution in [3.8, 4) is 0 Å². The second kappa shape index (κ2) is 7.33. The standard InChI is InChI=1S/C17H21N3O/c1-20(13-7-10-14-8-3-2-4-9-14)16-12-6-5-11-15(16)17(18)19-21/h2-6,8-9,11-12,21H,7,10,13H2,1H3,(H2,18,19). The van der Waals surface area contributed by atoms with Crippen molar-refractivity contribution in [2.24, 2.45) is 10.9 Å². The molecular formula is C17H21N3O. The Kier molecular flexibility index (Phi) is 5.21. The quantitative estimate of drug-likeness (QED) is 0.371. The lowest BCUT2D eigenvalue weighted by Gasteiger charge is -2.22. The number of hydrogen-bond donors (Lipinski definition) is 2. The van der Waals surface area contributed by atoms with Crippen molar-refractivity contribution in [2.45, 2.75) is 12.8 Å². The zero-order chi connectivity index (χ0) is 15.1. The molecule has 0 fully saturated rings. The van der Waals surface area contributed by atoms with Crippen LogP contribution in [0.3, 0.4) is 0 Å². The molecule has 21 heavy (non-hydrogen) atoms. The highest BCUT2D eigenvalue weighted by Gasteiger charge is 2.10. The molecule has 0 heterocycles. The topological polar surface area (TPSA) is 61.8 Å². The fourth-order valence-corrected chi connectivity index (χ4v) is 2.36. The molecule has 0 spiro atoms. The maximum absolute atomic E-state index is 8.86. The molecule has 0 unspecified atom stereocenters. The van der Waals surface area contributed by atoms with Crippen molar-refractivity contribution in [1.82, 2.24) is 0 Å². The van der Waals surface area contributed by atoms with Crippen molar-refractivity contribution in [3.63, 3.8) is 0 Å². The third-order valence-corrected chi connectivity index (χ3v) is 3.50. The molecule has 0 saturated carbocycles. The minimum Gasteiger partial charge on any atom is -0.409 e. The Morgan fingerprint density at radius 3 is 2.48 bits per heavy atom. The first-order chi connectivity index (χ1) is 10.2. The van der Waals surface area contributed by atoms with E-state index in [2.05, 4.69) is 34.3 Å². The molecule has 4 heteroatoms. The zero-order valence-electron chi connectivity index (χ0n) is 12.2. The summed E-state index contributed by atoms with van der Waals surface area (Å²) in [6.07, 6.45) is 2.09. The van der Waals surface area contributed by atoms with E-state index < -0.39 is 0 Å². The molecule has 2 aromatic rings. The van der Waals surface area contributed by atoms with Crippen LogP contribution >= 0.6 is 0 Å². The Morgan fingerprint density at radius 1 is 1.10 bits per heavy atom. The summed E-state index contributed by atoms with van der Waals surface area (Å²) in [7, 11) is 2.02. The van der Waals surface area contributed by atoms with Crippen LogP contribution in [0.5, 0.6) is 0 Å². The molecule has 0 atom stereocenters. The lowest BCUT2D eigenvalue weighted by Crippen LogP contribution is -2.24. The molecule has 0 aliphatic carbocycles. The van der Waals surface area contributed by atoms with Gasteiger partial charge in [-0.1, -0.05) is 47.6 Å².